The highest BCUT2D eigenvalue weighted by atomic mass is 16.3. The Hall–Kier alpha value is -1.42. The van der Waals surface area contributed by atoms with E-state index in [9.17, 15) is 9.90 Å². The minimum Gasteiger partial charge on any atom is -0.389 e. The van der Waals surface area contributed by atoms with Crippen LogP contribution in [-0.2, 0) is 0 Å². The Morgan fingerprint density at radius 2 is 2.27 bits per heavy atom. The fourth-order valence-electron chi connectivity index (χ4n) is 1.09. The SMILES string of the molecule is Cc1cc(C(=O)NCC(C)(C)O)ccn1. The third-order valence-corrected chi connectivity index (χ3v) is 1.84. The van der Waals surface area contributed by atoms with Gasteiger partial charge in [0, 0.05) is 24.0 Å². The minimum absolute atomic E-state index is 0.192. The van der Waals surface area contributed by atoms with E-state index in [1.54, 1.807) is 32.2 Å². The monoisotopic (exact) mass is 208 g/mol. The molecule has 0 fully saturated rings. The van der Waals surface area contributed by atoms with Crippen LogP contribution < -0.4 is 5.32 Å². The molecule has 0 aliphatic carbocycles. The van der Waals surface area contributed by atoms with Gasteiger partial charge < -0.3 is 10.4 Å². The lowest BCUT2D eigenvalue weighted by Crippen LogP contribution is -2.38. The van der Waals surface area contributed by atoms with Crippen LogP contribution in [0.4, 0.5) is 0 Å². The van der Waals surface area contributed by atoms with Gasteiger partial charge in [0.2, 0.25) is 0 Å². The summed E-state index contributed by atoms with van der Waals surface area (Å²) in [6.07, 6.45) is 1.59. The Balaban J connectivity index is 2.62. The van der Waals surface area contributed by atoms with Gasteiger partial charge in [0.15, 0.2) is 0 Å². The molecule has 1 aromatic rings. The molecule has 1 amide bonds. The number of carbonyl (C=O) groups is 1. The highest BCUT2D eigenvalue weighted by molar-refractivity contribution is 5.94. The van der Waals surface area contributed by atoms with Gasteiger partial charge in [-0.25, -0.2) is 0 Å². The first-order valence-electron chi connectivity index (χ1n) is 4.82. The van der Waals surface area contributed by atoms with E-state index < -0.39 is 5.60 Å². The van der Waals surface area contributed by atoms with Gasteiger partial charge in [0.05, 0.1) is 5.60 Å². The molecule has 0 aliphatic heterocycles. The summed E-state index contributed by atoms with van der Waals surface area (Å²) in [4.78, 5) is 15.6. The first-order chi connectivity index (χ1) is 6.88. The van der Waals surface area contributed by atoms with Gasteiger partial charge in [-0.3, -0.25) is 9.78 Å². The van der Waals surface area contributed by atoms with Gasteiger partial charge in [0.1, 0.15) is 0 Å². The lowest BCUT2D eigenvalue weighted by Gasteiger charge is -2.17. The number of aromatic nitrogens is 1. The molecule has 4 heteroatoms. The molecule has 2 N–H and O–H groups in total. The zero-order chi connectivity index (χ0) is 11.5. The number of amides is 1. The number of aryl methyl sites for hydroxylation is 1. The largest absolute Gasteiger partial charge is 0.389 e. The minimum atomic E-state index is -0.891. The van der Waals surface area contributed by atoms with Crippen LogP contribution in [0, 0.1) is 6.92 Å². The van der Waals surface area contributed by atoms with E-state index >= 15 is 0 Å². The predicted molar refractivity (Wildman–Crippen MR) is 57.6 cm³/mol. The summed E-state index contributed by atoms with van der Waals surface area (Å²) >= 11 is 0. The second-order valence-electron chi connectivity index (χ2n) is 4.18. The summed E-state index contributed by atoms with van der Waals surface area (Å²) in [5, 5.41) is 12.1. The maximum Gasteiger partial charge on any atom is 0.251 e. The third-order valence-electron chi connectivity index (χ3n) is 1.84. The Kier molecular flexibility index (Phi) is 3.42. The Morgan fingerprint density at radius 3 is 2.80 bits per heavy atom. The number of hydrogen-bond acceptors (Lipinski definition) is 3. The van der Waals surface area contributed by atoms with Crippen LogP contribution in [0.1, 0.15) is 29.9 Å². The molecule has 0 saturated heterocycles. The smallest absolute Gasteiger partial charge is 0.251 e. The maximum absolute atomic E-state index is 11.6. The summed E-state index contributed by atoms with van der Waals surface area (Å²) < 4.78 is 0. The molecule has 0 aliphatic rings. The van der Waals surface area contributed by atoms with E-state index in [1.807, 2.05) is 6.92 Å². The Bertz CT molecular complexity index is 356. The molecular weight excluding hydrogens is 192 g/mol. The number of hydrogen-bond donors (Lipinski definition) is 2. The van der Waals surface area contributed by atoms with Gasteiger partial charge in [0.25, 0.3) is 5.91 Å². The number of nitrogens with zero attached hydrogens (tertiary/aromatic N) is 1. The molecule has 0 spiro atoms. The Morgan fingerprint density at radius 1 is 1.60 bits per heavy atom. The average Bonchev–Trinajstić information content (AvgIpc) is 2.13. The molecule has 82 valence electrons. The standard InChI is InChI=1S/C11H16N2O2/c1-8-6-9(4-5-12-8)10(14)13-7-11(2,3)15/h4-6,15H,7H2,1-3H3,(H,13,14). The summed E-state index contributed by atoms with van der Waals surface area (Å²) in [6, 6.07) is 3.35. The third kappa shape index (κ3) is 4.08. The van der Waals surface area contributed by atoms with Crippen LogP contribution in [0.5, 0.6) is 0 Å². The van der Waals surface area contributed by atoms with E-state index in [0.717, 1.165) is 5.69 Å². The molecule has 0 unspecified atom stereocenters. The van der Waals surface area contributed by atoms with Crippen molar-refractivity contribution in [2.75, 3.05) is 6.54 Å². The van der Waals surface area contributed by atoms with E-state index in [1.165, 1.54) is 0 Å². The number of carbonyl (C=O) groups excluding carboxylic acids is 1. The summed E-state index contributed by atoms with van der Waals surface area (Å²) in [5.74, 6) is -0.192. The maximum atomic E-state index is 11.6. The molecule has 15 heavy (non-hydrogen) atoms. The normalized spacial score (nSPS) is 11.2. The number of pyridine rings is 1. The molecule has 0 bridgehead atoms. The number of aliphatic hydroxyl groups is 1. The van der Waals surface area contributed by atoms with Gasteiger partial charge in [-0.05, 0) is 32.9 Å². The summed E-state index contributed by atoms with van der Waals surface area (Å²) in [6.45, 7) is 5.34. The highest BCUT2D eigenvalue weighted by Crippen LogP contribution is 2.02. The second-order valence-corrected chi connectivity index (χ2v) is 4.18. The quantitative estimate of drug-likeness (QED) is 0.775. The molecule has 1 rings (SSSR count). The zero-order valence-corrected chi connectivity index (χ0v) is 9.24. The molecule has 1 heterocycles. The van der Waals surface area contributed by atoms with Crippen molar-refractivity contribution in [2.45, 2.75) is 26.4 Å². The van der Waals surface area contributed by atoms with Gasteiger partial charge in [-0.2, -0.15) is 0 Å². The van der Waals surface area contributed by atoms with Crippen molar-refractivity contribution < 1.29 is 9.90 Å². The van der Waals surface area contributed by atoms with E-state index in [-0.39, 0.29) is 12.5 Å². The highest BCUT2D eigenvalue weighted by Gasteiger charge is 2.14. The van der Waals surface area contributed by atoms with Crippen molar-refractivity contribution in [2.24, 2.45) is 0 Å². The van der Waals surface area contributed by atoms with Crippen LogP contribution in [0.3, 0.4) is 0 Å². The van der Waals surface area contributed by atoms with Crippen LogP contribution in [-0.4, -0.2) is 28.1 Å². The molecular formula is C11H16N2O2. The zero-order valence-electron chi connectivity index (χ0n) is 9.24. The fraction of sp³-hybridized carbons (Fsp3) is 0.455. The van der Waals surface area contributed by atoms with Gasteiger partial charge >= 0.3 is 0 Å². The lowest BCUT2D eigenvalue weighted by molar-refractivity contribution is 0.0694. The first kappa shape index (κ1) is 11.7. The van der Waals surface area contributed by atoms with Crippen molar-refractivity contribution >= 4 is 5.91 Å². The molecule has 0 aromatic carbocycles. The first-order valence-corrected chi connectivity index (χ1v) is 4.82. The lowest BCUT2D eigenvalue weighted by atomic mass is 10.1. The molecule has 1 aromatic heterocycles. The molecule has 0 saturated carbocycles. The molecule has 4 nitrogen and oxygen atoms in total. The topological polar surface area (TPSA) is 62.2 Å². The second kappa shape index (κ2) is 4.40. The number of rotatable bonds is 3. The van der Waals surface area contributed by atoms with Gasteiger partial charge in [-0.1, -0.05) is 0 Å². The summed E-state index contributed by atoms with van der Waals surface area (Å²) in [5.41, 5.74) is 0.468. The molecule has 0 radical (unpaired) electrons. The van der Waals surface area contributed by atoms with Crippen molar-refractivity contribution in [3.05, 3.63) is 29.6 Å². The van der Waals surface area contributed by atoms with Crippen molar-refractivity contribution in [1.82, 2.24) is 10.3 Å². The van der Waals surface area contributed by atoms with Crippen LogP contribution in [0.2, 0.25) is 0 Å². The van der Waals surface area contributed by atoms with Crippen molar-refractivity contribution in [1.29, 1.82) is 0 Å². The average molecular weight is 208 g/mol. The predicted octanol–water partition coefficient (Wildman–Crippen LogP) is 0.891. The van der Waals surface area contributed by atoms with E-state index in [2.05, 4.69) is 10.3 Å². The number of nitrogens with one attached hydrogen (secondary N) is 1. The van der Waals surface area contributed by atoms with Crippen molar-refractivity contribution in [3.8, 4) is 0 Å². The summed E-state index contributed by atoms with van der Waals surface area (Å²) in [7, 11) is 0. The van der Waals surface area contributed by atoms with Crippen LogP contribution in [0.25, 0.3) is 0 Å². The fourth-order valence-corrected chi connectivity index (χ4v) is 1.09. The van der Waals surface area contributed by atoms with Crippen LogP contribution >= 0.6 is 0 Å². The van der Waals surface area contributed by atoms with Gasteiger partial charge in [-0.15, -0.1) is 0 Å². The molecule has 0 atom stereocenters. The van der Waals surface area contributed by atoms with E-state index in [0.29, 0.717) is 5.56 Å². The van der Waals surface area contributed by atoms with Crippen LogP contribution in [0.15, 0.2) is 18.3 Å². The van der Waals surface area contributed by atoms with E-state index in [4.69, 9.17) is 0 Å². The Labute approximate surface area is 89.3 Å². The van der Waals surface area contributed by atoms with Crippen molar-refractivity contribution in [3.63, 3.8) is 0 Å².